The van der Waals surface area contributed by atoms with Crippen LogP contribution in [0.25, 0.3) is 0 Å². The SMILES string of the molecule is FCCCCS/C([S-])=C(/[S-])SCCCCF.FCCCCS/C([S-])=C(/[S-])SCCCCF.[Ni]. The van der Waals surface area contributed by atoms with Crippen molar-refractivity contribution >= 4 is 97.6 Å². The maximum atomic E-state index is 11.8. The predicted molar refractivity (Wildman–Crippen MR) is 154 cm³/mol. The van der Waals surface area contributed by atoms with E-state index < -0.39 is 0 Å². The van der Waals surface area contributed by atoms with E-state index in [1.807, 2.05) is 0 Å². The maximum Gasteiger partial charge on any atom is 0.0894 e. The normalized spacial score (nSPS) is 12.2. The van der Waals surface area contributed by atoms with E-state index >= 15 is 0 Å². The minimum Gasteiger partial charge on any atom is -0.774 e. The van der Waals surface area contributed by atoms with E-state index in [1.54, 1.807) is 0 Å². The van der Waals surface area contributed by atoms with E-state index in [4.69, 9.17) is 50.5 Å². The summed E-state index contributed by atoms with van der Waals surface area (Å²) >= 11 is 26.6. The van der Waals surface area contributed by atoms with Crippen molar-refractivity contribution in [1.29, 1.82) is 0 Å². The monoisotopic (exact) mass is 662 g/mol. The number of rotatable bonds is 20. The van der Waals surface area contributed by atoms with Crippen LogP contribution in [0, 0.1) is 0 Å². The third-order valence-corrected chi connectivity index (χ3v) is 10.5. The summed E-state index contributed by atoms with van der Waals surface area (Å²) in [5.74, 6) is 3.31. The quantitative estimate of drug-likeness (QED) is 0.0545. The van der Waals surface area contributed by atoms with Gasteiger partial charge in [-0.3, -0.25) is 17.6 Å². The fraction of sp³-hybridized carbons (Fsp3) is 0.800. The summed E-state index contributed by atoms with van der Waals surface area (Å²) in [4.78, 5) is 0. The van der Waals surface area contributed by atoms with E-state index in [0.29, 0.717) is 25.7 Å². The number of hydrogen-bond donors (Lipinski definition) is 0. The second kappa shape index (κ2) is 32.0. The van der Waals surface area contributed by atoms with Crippen LogP contribution in [0.2, 0.25) is 0 Å². The van der Waals surface area contributed by atoms with Crippen LogP contribution in [0.1, 0.15) is 51.4 Å². The zero-order chi connectivity index (χ0) is 24.5. The van der Waals surface area contributed by atoms with Gasteiger partial charge in [-0.1, -0.05) is 0 Å². The van der Waals surface area contributed by atoms with Gasteiger partial charge >= 0.3 is 0 Å². The van der Waals surface area contributed by atoms with Gasteiger partial charge in [-0.05, 0) is 74.4 Å². The number of thioether (sulfide) groups is 4. The fourth-order valence-corrected chi connectivity index (χ4v) is 6.70. The van der Waals surface area contributed by atoms with Crippen LogP contribution in [-0.4, -0.2) is 49.7 Å². The average molecular weight is 664 g/mol. The molecule has 0 aromatic rings. The zero-order valence-electron chi connectivity index (χ0n) is 18.4. The zero-order valence-corrected chi connectivity index (χ0v) is 25.9. The molecule has 0 aromatic carbocycles. The molecule has 0 radical (unpaired) electrons. The molecule has 13 heteroatoms. The molecule has 0 heterocycles. The van der Waals surface area contributed by atoms with Crippen LogP contribution in [0.5, 0.6) is 0 Å². The van der Waals surface area contributed by atoms with Crippen molar-refractivity contribution in [2.45, 2.75) is 51.4 Å². The summed E-state index contributed by atoms with van der Waals surface area (Å²) in [7, 11) is 0. The molecule has 0 unspecified atom stereocenters. The van der Waals surface area contributed by atoms with E-state index in [-0.39, 0.29) is 43.2 Å². The summed E-state index contributed by atoms with van der Waals surface area (Å²) in [5.41, 5.74) is 0. The summed E-state index contributed by atoms with van der Waals surface area (Å²) in [6.45, 7) is -1.07. The molecule has 0 aromatic heterocycles. The molecule has 0 fully saturated rings. The number of alkyl halides is 4. The molecule has 0 nitrogen and oxygen atoms in total. The van der Waals surface area contributed by atoms with Crippen molar-refractivity contribution in [2.24, 2.45) is 0 Å². The third-order valence-electron chi connectivity index (χ3n) is 3.38. The molecule has 0 aliphatic rings. The Morgan fingerprint density at radius 3 is 0.727 bits per heavy atom. The molecule has 0 spiro atoms. The van der Waals surface area contributed by atoms with Crippen molar-refractivity contribution < 1.29 is 34.1 Å². The van der Waals surface area contributed by atoms with Gasteiger partial charge in [0.25, 0.3) is 0 Å². The van der Waals surface area contributed by atoms with Gasteiger partial charge < -0.3 is 50.5 Å². The van der Waals surface area contributed by atoms with Crippen molar-refractivity contribution in [2.75, 3.05) is 49.7 Å². The first-order valence-electron chi connectivity index (χ1n) is 10.4. The Kier molecular flexibility index (Phi) is 38.3. The number of unbranched alkanes of at least 4 members (excludes halogenated alkanes) is 4. The molecule has 0 N–H and O–H groups in total. The van der Waals surface area contributed by atoms with Crippen molar-refractivity contribution in [1.82, 2.24) is 0 Å². The standard InChI is InChI=1S/2C10H18F2S4.Ni/c2*11-5-1-3-7-15-9(13)10(14)16-8-4-2-6-12;/h2*13-14H,1-8H2;/p-4/b2*10-9-;. The number of hydrogen-bond acceptors (Lipinski definition) is 8. The summed E-state index contributed by atoms with van der Waals surface area (Å²) < 4.78 is 50.1. The molecule has 0 aliphatic heterocycles. The molecule has 33 heavy (non-hydrogen) atoms. The largest absolute Gasteiger partial charge is 0.774 e. The van der Waals surface area contributed by atoms with Gasteiger partial charge in [0, 0.05) is 16.5 Å². The van der Waals surface area contributed by atoms with Crippen molar-refractivity contribution in [3.8, 4) is 0 Å². The first kappa shape index (κ1) is 39.5. The van der Waals surface area contributed by atoms with Crippen LogP contribution >= 0.6 is 47.0 Å². The van der Waals surface area contributed by atoms with Crippen LogP contribution in [-0.2, 0) is 67.0 Å². The summed E-state index contributed by atoms with van der Waals surface area (Å²) in [6, 6.07) is 0. The Morgan fingerprint density at radius 1 is 0.394 bits per heavy atom. The van der Waals surface area contributed by atoms with E-state index in [0.717, 1.165) is 65.6 Å². The Morgan fingerprint density at radius 2 is 0.576 bits per heavy atom. The van der Waals surface area contributed by atoms with Crippen LogP contribution in [0.3, 0.4) is 0 Å². The van der Waals surface area contributed by atoms with Crippen molar-refractivity contribution in [3.63, 3.8) is 0 Å². The van der Waals surface area contributed by atoms with Gasteiger partial charge in [0.2, 0.25) is 0 Å². The summed E-state index contributed by atoms with van der Waals surface area (Å²) in [6.07, 6.45) is 5.68. The average Bonchev–Trinajstić information content (AvgIpc) is 2.80. The van der Waals surface area contributed by atoms with Gasteiger partial charge in [-0.25, -0.2) is 0 Å². The molecule has 0 aliphatic carbocycles. The Balaban J connectivity index is -0.000000529. The fourth-order valence-electron chi connectivity index (χ4n) is 1.68. The molecule has 202 valence electrons. The first-order chi connectivity index (χ1) is 15.4. The smallest absolute Gasteiger partial charge is 0.0894 e. The van der Waals surface area contributed by atoms with Gasteiger partial charge in [0.1, 0.15) is 0 Å². The van der Waals surface area contributed by atoms with Gasteiger partial charge in [-0.15, -0.1) is 0 Å². The second-order valence-corrected chi connectivity index (χ2v) is 13.2. The van der Waals surface area contributed by atoms with Crippen LogP contribution < -0.4 is 0 Å². The topological polar surface area (TPSA) is 0 Å². The van der Waals surface area contributed by atoms with E-state index in [9.17, 15) is 17.6 Å². The Labute approximate surface area is 247 Å². The maximum absolute atomic E-state index is 11.8. The molecule has 0 saturated heterocycles. The predicted octanol–water partition coefficient (Wildman–Crippen LogP) is 8.34. The van der Waals surface area contributed by atoms with Crippen molar-refractivity contribution in [3.05, 3.63) is 16.9 Å². The molecule has 0 bridgehead atoms. The molecule has 0 rings (SSSR count). The van der Waals surface area contributed by atoms with Gasteiger partial charge in [-0.2, -0.15) is 64.0 Å². The van der Waals surface area contributed by atoms with E-state index in [2.05, 4.69) is 0 Å². The molecular formula is C20H32F4NiS8-4. The molecular weight excluding hydrogens is 631 g/mol. The second-order valence-electron chi connectivity index (χ2n) is 6.13. The molecule has 0 atom stereocenters. The van der Waals surface area contributed by atoms with E-state index in [1.165, 1.54) is 47.0 Å². The number of halogens is 4. The Hall–Kier alpha value is 1.97. The third kappa shape index (κ3) is 30.1. The van der Waals surface area contributed by atoms with Gasteiger partial charge in [0.05, 0.1) is 26.7 Å². The van der Waals surface area contributed by atoms with Crippen LogP contribution in [0.15, 0.2) is 16.9 Å². The van der Waals surface area contributed by atoms with Crippen LogP contribution in [0.4, 0.5) is 17.6 Å². The Bertz CT molecular complexity index is 403. The molecule has 0 amide bonds. The van der Waals surface area contributed by atoms with Gasteiger partial charge in [0.15, 0.2) is 0 Å². The summed E-state index contributed by atoms with van der Waals surface area (Å²) in [5, 5.41) is 0. The molecule has 0 saturated carbocycles. The minimum atomic E-state index is -0.268. The minimum absolute atomic E-state index is 0. The first-order valence-corrected chi connectivity index (χ1v) is 15.9.